The number of likely N-dealkylation sites (tertiary alicyclic amines) is 1. The van der Waals surface area contributed by atoms with Gasteiger partial charge in [-0.1, -0.05) is 12.1 Å². The molecular weight excluding hydrogens is 304 g/mol. The van der Waals surface area contributed by atoms with E-state index in [0.717, 1.165) is 29.7 Å². The third-order valence-electron chi connectivity index (χ3n) is 5.01. The van der Waals surface area contributed by atoms with E-state index in [1.54, 1.807) is 25.1 Å². The van der Waals surface area contributed by atoms with Gasteiger partial charge in [-0.05, 0) is 56.0 Å². The smallest absolute Gasteiger partial charge is 0.270 e. The fourth-order valence-electron chi connectivity index (χ4n) is 3.54. The van der Waals surface area contributed by atoms with E-state index in [0.29, 0.717) is 12.2 Å². The zero-order chi connectivity index (χ0) is 17.3. The van der Waals surface area contributed by atoms with Crippen LogP contribution in [0.3, 0.4) is 0 Å². The molecule has 1 aliphatic rings. The number of H-pyrrole nitrogens is 1. The summed E-state index contributed by atoms with van der Waals surface area (Å²) in [5.41, 5.74) is 1.21. The molecule has 2 N–H and O–H groups in total. The van der Waals surface area contributed by atoms with Crippen molar-refractivity contribution in [2.24, 2.45) is 0 Å². The monoisotopic (exact) mass is 328 g/mol. The largest absolute Gasteiger partial charge is 0.497 e. The molecule has 24 heavy (non-hydrogen) atoms. The van der Waals surface area contributed by atoms with Crippen LogP contribution in [0.15, 0.2) is 36.5 Å². The molecule has 2 aromatic rings. The van der Waals surface area contributed by atoms with Gasteiger partial charge in [0.25, 0.3) is 5.91 Å². The second kappa shape index (κ2) is 6.32. The third-order valence-corrected chi connectivity index (χ3v) is 5.01. The number of aliphatic hydroxyl groups is 1. The van der Waals surface area contributed by atoms with E-state index in [2.05, 4.69) is 4.98 Å². The van der Waals surface area contributed by atoms with Gasteiger partial charge in [0.2, 0.25) is 0 Å². The summed E-state index contributed by atoms with van der Waals surface area (Å²) in [5, 5.41) is 11.2. The number of aryl methyl sites for hydroxylation is 1. The maximum Gasteiger partial charge on any atom is 0.270 e. The van der Waals surface area contributed by atoms with E-state index < -0.39 is 5.60 Å². The van der Waals surface area contributed by atoms with Gasteiger partial charge < -0.3 is 19.7 Å². The van der Waals surface area contributed by atoms with Crippen molar-refractivity contribution in [3.63, 3.8) is 0 Å². The Balaban J connectivity index is 1.88. The third kappa shape index (κ3) is 2.80. The molecule has 128 valence electrons. The Morgan fingerprint density at radius 1 is 1.33 bits per heavy atom. The highest BCUT2D eigenvalue weighted by molar-refractivity contribution is 5.94. The van der Waals surface area contributed by atoms with Gasteiger partial charge in [0, 0.05) is 12.7 Å². The van der Waals surface area contributed by atoms with Crippen molar-refractivity contribution < 1.29 is 14.6 Å². The number of nitrogens with zero attached hydrogens (tertiary/aromatic N) is 1. The van der Waals surface area contributed by atoms with Crippen molar-refractivity contribution in [2.75, 3.05) is 13.7 Å². The van der Waals surface area contributed by atoms with E-state index in [9.17, 15) is 9.90 Å². The molecule has 1 fully saturated rings. The summed E-state index contributed by atoms with van der Waals surface area (Å²) in [4.78, 5) is 17.7. The molecule has 0 spiro atoms. The first kappa shape index (κ1) is 16.6. The molecule has 0 bridgehead atoms. The van der Waals surface area contributed by atoms with E-state index in [1.165, 1.54) is 0 Å². The normalized spacial score (nSPS) is 20.0. The van der Waals surface area contributed by atoms with Gasteiger partial charge in [-0.2, -0.15) is 0 Å². The van der Waals surface area contributed by atoms with Crippen LogP contribution in [0, 0.1) is 6.92 Å². The van der Waals surface area contributed by atoms with Crippen molar-refractivity contribution in [3.8, 4) is 5.75 Å². The Hall–Kier alpha value is -2.27. The molecule has 1 saturated heterocycles. The summed E-state index contributed by atoms with van der Waals surface area (Å²) < 4.78 is 5.18. The van der Waals surface area contributed by atoms with E-state index in [1.807, 2.05) is 37.3 Å². The lowest BCUT2D eigenvalue weighted by Crippen LogP contribution is -2.48. The first-order chi connectivity index (χ1) is 11.4. The Kier molecular flexibility index (Phi) is 4.37. The van der Waals surface area contributed by atoms with Gasteiger partial charge in [-0.15, -0.1) is 0 Å². The molecule has 1 aliphatic heterocycles. The number of aromatic nitrogens is 1. The highest BCUT2D eigenvalue weighted by Crippen LogP contribution is 2.36. The number of rotatable bonds is 4. The van der Waals surface area contributed by atoms with Crippen molar-refractivity contribution in [3.05, 3.63) is 53.3 Å². The summed E-state index contributed by atoms with van der Waals surface area (Å²) >= 11 is 0. The van der Waals surface area contributed by atoms with Crippen LogP contribution in [0.4, 0.5) is 0 Å². The summed E-state index contributed by atoms with van der Waals surface area (Å²) in [6.07, 6.45) is 3.45. The lowest BCUT2D eigenvalue weighted by atomic mass is 9.86. The van der Waals surface area contributed by atoms with Crippen LogP contribution in [-0.2, 0) is 5.60 Å². The van der Waals surface area contributed by atoms with Gasteiger partial charge in [0.05, 0.1) is 13.2 Å². The van der Waals surface area contributed by atoms with Crippen LogP contribution in [0.2, 0.25) is 0 Å². The minimum absolute atomic E-state index is 0.0474. The average Bonchev–Trinajstić information content (AvgIpc) is 3.23. The molecule has 5 heteroatoms. The van der Waals surface area contributed by atoms with Crippen LogP contribution >= 0.6 is 0 Å². The molecule has 0 saturated carbocycles. The maximum atomic E-state index is 12.9. The van der Waals surface area contributed by atoms with Crippen LogP contribution in [0.5, 0.6) is 5.75 Å². The molecule has 1 amide bonds. The number of benzene rings is 1. The summed E-state index contributed by atoms with van der Waals surface area (Å²) in [7, 11) is 1.61. The Labute approximate surface area is 142 Å². The highest BCUT2D eigenvalue weighted by atomic mass is 16.5. The number of carbonyl (C=O) groups excluding carboxylic acids is 1. The van der Waals surface area contributed by atoms with Gasteiger partial charge in [0.15, 0.2) is 0 Å². The standard InChI is InChI=1S/C19H24N2O3/c1-13-10-11-20-17(13)18(22)21-12-4-5-16(21)19(2,23)14-6-8-15(24-3)9-7-14/h6-11,16,20,23H,4-5,12H2,1-3H3/t16-,19+/m1/s1. The van der Waals surface area contributed by atoms with Crippen LogP contribution in [0.1, 0.15) is 41.4 Å². The lowest BCUT2D eigenvalue weighted by Gasteiger charge is -2.37. The molecule has 3 rings (SSSR count). The SMILES string of the molecule is COc1ccc([C@](C)(O)[C@H]2CCCN2C(=O)c2[nH]ccc2C)cc1. The molecule has 0 unspecified atom stereocenters. The molecule has 0 radical (unpaired) electrons. The van der Waals surface area contributed by atoms with E-state index in [-0.39, 0.29) is 11.9 Å². The minimum Gasteiger partial charge on any atom is -0.497 e. The number of nitrogens with one attached hydrogen (secondary N) is 1. The quantitative estimate of drug-likeness (QED) is 0.907. The summed E-state index contributed by atoms with van der Waals surface area (Å²) in [6.45, 7) is 4.36. The van der Waals surface area contributed by atoms with E-state index in [4.69, 9.17) is 4.74 Å². The van der Waals surface area contributed by atoms with Crippen molar-refractivity contribution >= 4 is 5.91 Å². The second-order valence-electron chi connectivity index (χ2n) is 6.57. The molecule has 1 aromatic carbocycles. The predicted molar refractivity (Wildman–Crippen MR) is 92.2 cm³/mol. The van der Waals surface area contributed by atoms with Crippen molar-refractivity contribution in [2.45, 2.75) is 38.3 Å². The Morgan fingerprint density at radius 2 is 2.04 bits per heavy atom. The molecule has 1 aromatic heterocycles. The van der Waals surface area contributed by atoms with Crippen LogP contribution < -0.4 is 4.74 Å². The zero-order valence-corrected chi connectivity index (χ0v) is 14.4. The van der Waals surface area contributed by atoms with Crippen LogP contribution in [-0.4, -0.2) is 40.6 Å². The zero-order valence-electron chi connectivity index (χ0n) is 14.4. The molecular formula is C19H24N2O3. The fraction of sp³-hybridized carbons (Fsp3) is 0.421. The molecule has 0 aliphatic carbocycles. The molecule has 5 nitrogen and oxygen atoms in total. The second-order valence-corrected chi connectivity index (χ2v) is 6.57. The number of aromatic amines is 1. The first-order valence-corrected chi connectivity index (χ1v) is 8.27. The minimum atomic E-state index is -1.11. The number of hydrogen-bond donors (Lipinski definition) is 2. The van der Waals surface area contributed by atoms with Gasteiger partial charge >= 0.3 is 0 Å². The Morgan fingerprint density at radius 3 is 2.62 bits per heavy atom. The van der Waals surface area contributed by atoms with Gasteiger partial charge in [-0.25, -0.2) is 0 Å². The van der Waals surface area contributed by atoms with Crippen molar-refractivity contribution in [1.82, 2.24) is 9.88 Å². The van der Waals surface area contributed by atoms with Gasteiger partial charge in [-0.3, -0.25) is 4.79 Å². The average molecular weight is 328 g/mol. The molecule has 2 heterocycles. The van der Waals surface area contributed by atoms with E-state index >= 15 is 0 Å². The predicted octanol–water partition coefficient (Wildman–Crippen LogP) is 2.84. The number of carbonyl (C=O) groups is 1. The van der Waals surface area contributed by atoms with Crippen LogP contribution in [0.25, 0.3) is 0 Å². The Bertz CT molecular complexity index is 718. The topological polar surface area (TPSA) is 65.6 Å². The number of methoxy groups -OCH3 is 1. The number of ether oxygens (including phenoxy) is 1. The number of amides is 1. The number of hydrogen-bond acceptors (Lipinski definition) is 3. The highest BCUT2D eigenvalue weighted by Gasteiger charge is 2.43. The van der Waals surface area contributed by atoms with Crippen molar-refractivity contribution in [1.29, 1.82) is 0 Å². The lowest BCUT2D eigenvalue weighted by molar-refractivity contribution is -0.0179. The molecule has 2 atom stereocenters. The summed E-state index contributed by atoms with van der Waals surface area (Å²) in [6, 6.07) is 9.03. The summed E-state index contributed by atoms with van der Waals surface area (Å²) in [5.74, 6) is 0.699. The first-order valence-electron chi connectivity index (χ1n) is 8.27. The maximum absolute atomic E-state index is 12.9. The fourth-order valence-corrected chi connectivity index (χ4v) is 3.54. The van der Waals surface area contributed by atoms with Gasteiger partial charge in [0.1, 0.15) is 17.0 Å².